The lowest BCUT2D eigenvalue weighted by Gasteiger charge is -2.34. The molecule has 3 nitrogen and oxygen atoms in total. The SMILES string of the molecule is COC(=O)c1c(C2CC(F)(F)C2)[nH]c2c(F)cccc12. The zero-order valence-corrected chi connectivity index (χ0v) is 10.7. The average molecular weight is 283 g/mol. The number of alkyl halides is 2. The van der Waals surface area contributed by atoms with Gasteiger partial charge in [0.1, 0.15) is 5.82 Å². The number of H-pyrrole nitrogens is 1. The number of aromatic nitrogens is 1. The third-order valence-electron chi connectivity index (χ3n) is 3.70. The molecule has 3 rings (SSSR count). The number of fused-ring (bicyclic) bond motifs is 1. The molecule has 0 radical (unpaired) electrons. The van der Waals surface area contributed by atoms with Gasteiger partial charge in [0, 0.05) is 29.8 Å². The lowest BCUT2D eigenvalue weighted by Crippen LogP contribution is -2.34. The summed E-state index contributed by atoms with van der Waals surface area (Å²) in [5.41, 5.74) is 0.642. The van der Waals surface area contributed by atoms with Crippen LogP contribution in [0.5, 0.6) is 0 Å². The molecule has 20 heavy (non-hydrogen) atoms. The topological polar surface area (TPSA) is 42.1 Å². The minimum atomic E-state index is -2.71. The van der Waals surface area contributed by atoms with E-state index in [-0.39, 0.29) is 23.9 Å². The Labute approximate surface area is 112 Å². The molecule has 0 atom stereocenters. The van der Waals surface area contributed by atoms with Crippen molar-refractivity contribution in [1.29, 1.82) is 0 Å². The predicted octanol–water partition coefficient (Wildman–Crippen LogP) is 3.61. The molecule has 0 spiro atoms. The standard InChI is InChI=1S/C14H12F3NO2/c1-20-13(19)10-8-3-2-4-9(15)12(8)18-11(10)7-5-14(16,17)6-7/h2-4,7,18H,5-6H2,1H3. The van der Waals surface area contributed by atoms with Crippen LogP contribution in [0.3, 0.4) is 0 Å². The fourth-order valence-corrected chi connectivity index (χ4v) is 2.70. The van der Waals surface area contributed by atoms with Crippen LogP contribution in [0.2, 0.25) is 0 Å². The number of carbonyl (C=O) groups is 1. The van der Waals surface area contributed by atoms with E-state index in [1.165, 1.54) is 19.2 Å². The first-order valence-corrected chi connectivity index (χ1v) is 6.19. The first-order chi connectivity index (χ1) is 9.43. The van der Waals surface area contributed by atoms with E-state index in [0.717, 1.165) is 0 Å². The minimum Gasteiger partial charge on any atom is -0.465 e. The minimum absolute atomic E-state index is 0.151. The molecule has 106 valence electrons. The number of hydrogen-bond acceptors (Lipinski definition) is 2. The fraction of sp³-hybridized carbons (Fsp3) is 0.357. The van der Waals surface area contributed by atoms with E-state index < -0.39 is 23.6 Å². The summed E-state index contributed by atoms with van der Waals surface area (Å²) < 4.78 is 44.5. The zero-order chi connectivity index (χ0) is 14.5. The molecule has 0 aliphatic heterocycles. The third-order valence-corrected chi connectivity index (χ3v) is 3.70. The van der Waals surface area contributed by atoms with Gasteiger partial charge in [-0.25, -0.2) is 18.0 Å². The van der Waals surface area contributed by atoms with E-state index in [4.69, 9.17) is 0 Å². The van der Waals surface area contributed by atoms with Gasteiger partial charge in [-0.3, -0.25) is 0 Å². The molecule has 6 heteroatoms. The molecular weight excluding hydrogens is 271 g/mol. The smallest absolute Gasteiger partial charge is 0.340 e. The molecule has 1 aromatic heterocycles. The van der Waals surface area contributed by atoms with Gasteiger partial charge in [-0.05, 0) is 6.07 Å². The number of benzene rings is 1. The van der Waals surface area contributed by atoms with Gasteiger partial charge in [-0.2, -0.15) is 0 Å². The van der Waals surface area contributed by atoms with Crippen LogP contribution in [0, 0.1) is 5.82 Å². The second-order valence-corrected chi connectivity index (χ2v) is 5.03. The number of hydrogen-bond donors (Lipinski definition) is 1. The molecule has 1 fully saturated rings. The molecule has 1 aliphatic carbocycles. The Morgan fingerprint density at radius 2 is 2.10 bits per heavy atom. The van der Waals surface area contributed by atoms with Crippen LogP contribution >= 0.6 is 0 Å². The summed E-state index contributed by atoms with van der Waals surface area (Å²) >= 11 is 0. The highest BCUT2D eigenvalue weighted by molar-refractivity contribution is 6.05. The van der Waals surface area contributed by atoms with Crippen molar-refractivity contribution in [2.75, 3.05) is 7.11 Å². The van der Waals surface area contributed by atoms with Crippen molar-refractivity contribution < 1.29 is 22.7 Å². The van der Waals surface area contributed by atoms with Crippen molar-refractivity contribution in [3.63, 3.8) is 0 Å². The number of para-hydroxylation sites is 1. The average Bonchev–Trinajstić information content (AvgIpc) is 2.75. The number of esters is 1. The van der Waals surface area contributed by atoms with Crippen LogP contribution in [0.15, 0.2) is 18.2 Å². The first-order valence-electron chi connectivity index (χ1n) is 6.19. The van der Waals surface area contributed by atoms with Crippen LogP contribution in [-0.2, 0) is 4.74 Å². The van der Waals surface area contributed by atoms with Gasteiger partial charge < -0.3 is 9.72 Å². The zero-order valence-electron chi connectivity index (χ0n) is 10.7. The largest absolute Gasteiger partial charge is 0.465 e. The van der Waals surface area contributed by atoms with Crippen molar-refractivity contribution in [3.05, 3.63) is 35.3 Å². The molecule has 0 bridgehead atoms. The van der Waals surface area contributed by atoms with Crippen LogP contribution in [0.4, 0.5) is 13.2 Å². The molecule has 0 unspecified atom stereocenters. The highest BCUT2D eigenvalue weighted by Crippen LogP contribution is 2.49. The molecule has 1 heterocycles. The maximum Gasteiger partial charge on any atom is 0.340 e. The molecule has 1 N–H and O–H groups in total. The van der Waals surface area contributed by atoms with E-state index in [1.54, 1.807) is 6.07 Å². The van der Waals surface area contributed by atoms with Crippen LogP contribution < -0.4 is 0 Å². The molecule has 1 aromatic carbocycles. The second kappa shape index (κ2) is 4.26. The van der Waals surface area contributed by atoms with Gasteiger partial charge in [-0.15, -0.1) is 0 Å². The van der Waals surface area contributed by atoms with Crippen molar-refractivity contribution in [2.24, 2.45) is 0 Å². The Hall–Kier alpha value is -1.98. The van der Waals surface area contributed by atoms with E-state index in [9.17, 15) is 18.0 Å². The highest BCUT2D eigenvalue weighted by atomic mass is 19.3. The molecule has 1 saturated carbocycles. The van der Waals surface area contributed by atoms with Crippen molar-refractivity contribution in [2.45, 2.75) is 24.7 Å². The van der Waals surface area contributed by atoms with Gasteiger partial charge in [0.2, 0.25) is 5.92 Å². The van der Waals surface area contributed by atoms with Crippen LogP contribution in [-0.4, -0.2) is 24.0 Å². The van der Waals surface area contributed by atoms with Crippen molar-refractivity contribution in [1.82, 2.24) is 4.98 Å². The monoisotopic (exact) mass is 283 g/mol. The molecule has 0 saturated heterocycles. The van der Waals surface area contributed by atoms with Crippen LogP contribution in [0.25, 0.3) is 10.9 Å². The Morgan fingerprint density at radius 1 is 1.40 bits per heavy atom. The Balaban J connectivity index is 2.16. The number of aromatic amines is 1. The summed E-state index contributed by atoms with van der Waals surface area (Å²) in [5, 5.41) is 0.363. The van der Waals surface area contributed by atoms with Gasteiger partial charge in [-0.1, -0.05) is 12.1 Å². The Bertz CT molecular complexity index is 685. The van der Waals surface area contributed by atoms with Crippen molar-refractivity contribution in [3.8, 4) is 0 Å². The fourth-order valence-electron chi connectivity index (χ4n) is 2.70. The highest BCUT2D eigenvalue weighted by Gasteiger charge is 2.48. The number of halogens is 3. The van der Waals surface area contributed by atoms with E-state index in [0.29, 0.717) is 11.1 Å². The Kier molecular flexibility index (Phi) is 2.77. The number of carbonyl (C=O) groups excluding carboxylic acids is 1. The quantitative estimate of drug-likeness (QED) is 0.855. The molecular formula is C14H12F3NO2. The van der Waals surface area contributed by atoms with Crippen molar-refractivity contribution >= 4 is 16.9 Å². The predicted molar refractivity (Wildman–Crippen MR) is 66.5 cm³/mol. The molecule has 1 aliphatic rings. The molecule has 0 amide bonds. The van der Waals surface area contributed by atoms with Gasteiger partial charge in [0.05, 0.1) is 18.2 Å². The summed E-state index contributed by atoms with van der Waals surface area (Å²) in [7, 11) is 1.21. The van der Waals surface area contributed by atoms with Crippen LogP contribution in [0.1, 0.15) is 34.8 Å². The molecule has 2 aromatic rings. The summed E-state index contributed by atoms with van der Waals surface area (Å²) in [5.74, 6) is -4.36. The van der Waals surface area contributed by atoms with Gasteiger partial charge in [0.15, 0.2) is 0 Å². The first kappa shape index (κ1) is 13.0. The summed E-state index contributed by atoms with van der Waals surface area (Å²) in [6, 6.07) is 4.29. The number of nitrogens with one attached hydrogen (secondary N) is 1. The maximum absolute atomic E-state index is 13.8. The van der Waals surface area contributed by atoms with E-state index in [2.05, 4.69) is 9.72 Å². The van der Waals surface area contributed by atoms with E-state index in [1.807, 2.05) is 0 Å². The number of methoxy groups -OCH3 is 1. The maximum atomic E-state index is 13.8. The lowest BCUT2D eigenvalue weighted by molar-refractivity contribution is -0.0876. The van der Waals surface area contributed by atoms with Gasteiger partial charge >= 0.3 is 5.97 Å². The summed E-state index contributed by atoms with van der Waals surface area (Å²) in [6.07, 6.45) is -0.684. The second-order valence-electron chi connectivity index (χ2n) is 5.03. The number of rotatable bonds is 2. The summed E-state index contributed by atoms with van der Waals surface area (Å²) in [6.45, 7) is 0. The third kappa shape index (κ3) is 1.87. The number of ether oxygens (including phenoxy) is 1. The summed E-state index contributed by atoms with van der Waals surface area (Å²) in [4.78, 5) is 14.7. The van der Waals surface area contributed by atoms with E-state index >= 15 is 0 Å². The lowest BCUT2D eigenvalue weighted by atomic mass is 9.78. The normalized spacial score (nSPS) is 18.0. The Morgan fingerprint density at radius 3 is 2.70 bits per heavy atom. The van der Waals surface area contributed by atoms with Gasteiger partial charge in [0.25, 0.3) is 0 Å².